The van der Waals surface area contributed by atoms with E-state index in [0.29, 0.717) is 6.61 Å². The van der Waals surface area contributed by atoms with Gasteiger partial charge in [-0.2, -0.15) is 0 Å². The zero-order valence-electron chi connectivity index (χ0n) is 11.0. The van der Waals surface area contributed by atoms with Crippen molar-refractivity contribution in [2.75, 3.05) is 5.73 Å². The first-order valence-corrected chi connectivity index (χ1v) is 7.04. The molecule has 0 unspecified atom stereocenters. The quantitative estimate of drug-likeness (QED) is 0.717. The molecule has 1 heterocycles. The van der Waals surface area contributed by atoms with E-state index in [0.717, 1.165) is 38.3 Å². The number of ether oxygens (including phenoxy) is 1. The number of imidazole rings is 1. The summed E-state index contributed by atoms with van der Waals surface area (Å²) in [4.78, 5) is 7.83. The maximum atomic E-state index is 5.69. The van der Waals surface area contributed by atoms with Crippen molar-refractivity contribution < 1.29 is 4.74 Å². The Kier molecular flexibility index (Phi) is 3.36. The number of aromatic amines is 1. The molecule has 0 aliphatic carbocycles. The maximum absolute atomic E-state index is 5.69. The third kappa shape index (κ3) is 2.63. The lowest BCUT2D eigenvalue weighted by atomic mass is 10.2. The molecule has 0 saturated heterocycles. The van der Waals surface area contributed by atoms with Crippen molar-refractivity contribution in [3.8, 4) is 5.75 Å². The second-order valence-electron chi connectivity index (χ2n) is 4.66. The first-order valence-electron chi connectivity index (χ1n) is 6.25. The number of nitrogens with two attached hydrogens (primary N) is 1. The first kappa shape index (κ1) is 13.0. The number of nitrogens with one attached hydrogen (secondary N) is 1. The van der Waals surface area contributed by atoms with E-state index in [1.807, 2.05) is 43.3 Å². The van der Waals surface area contributed by atoms with Gasteiger partial charge in [0.05, 0.1) is 11.0 Å². The molecule has 20 heavy (non-hydrogen) atoms. The second kappa shape index (κ2) is 5.17. The molecule has 0 atom stereocenters. The van der Waals surface area contributed by atoms with Crippen LogP contribution in [0.1, 0.15) is 11.4 Å². The minimum atomic E-state index is 0.398. The topological polar surface area (TPSA) is 63.9 Å². The van der Waals surface area contributed by atoms with Gasteiger partial charge in [-0.3, -0.25) is 0 Å². The van der Waals surface area contributed by atoms with E-state index >= 15 is 0 Å². The highest BCUT2D eigenvalue weighted by atomic mass is 79.9. The molecule has 0 aliphatic heterocycles. The van der Waals surface area contributed by atoms with Crippen molar-refractivity contribution in [3.05, 3.63) is 52.3 Å². The van der Waals surface area contributed by atoms with E-state index < -0.39 is 0 Å². The molecule has 4 nitrogen and oxygen atoms in total. The van der Waals surface area contributed by atoms with Gasteiger partial charge < -0.3 is 15.5 Å². The minimum Gasteiger partial charge on any atom is -0.486 e. The van der Waals surface area contributed by atoms with Gasteiger partial charge in [0.1, 0.15) is 18.2 Å². The Balaban J connectivity index is 1.81. The molecule has 0 aliphatic rings. The highest BCUT2D eigenvalue weighted by molar-refractivity contribution is 9.10. The van der Waals surface area contributed by atoms with Crippen molar-refractivity contribution in [1.29, 1.82) is 0 Å². The van der Waals surface area contributed by atoms with Gasteiger partial charge in [0.2, 0.25) is 0 Å². The molecule has 3 N–H and O–H groups in total. The lowest BCUT2D eigenvalue weighted by molar-refractivity contribution is 0.297. The molecule has 0 bridgehead atoms. The Labute approximate surface area is 125 Å². The van der Waals surface area contributed by atoms with Crippen molar-refractivity contribution in [2.24, 2.45) is 0 Å². The standard InChI is InChI=1S/C15H14BrN3O/c1-9-6-10(16)7-13-15(9)19-14(18-13)8-20-12-4-2-11(17)3-5-12/h2-7H,8,17H2,1H3,(H,18,19). The van der Waals surface area contributed by atoms with Gasteiger partial charge in [-0.25, -0.2) is 4.98 Å². The molecule has 0 spiro atoms. The predicted molar refractivity (Wildman–Crippen MR) is 83.7 cm³/mol. The zero-order valence-corrected chi connectivity index (χ0v) is 12.6. The van der Waals surface area contributed by atoms with Crippen LogP contribution in [0.15, 0.2) is 40.9 Å². The molecule has 5 heteroatoms. The molecule has 0 radical (unpaired) electrons. The molecule has 1 aromatic heterocycles. The van der Waals surface area contributed by atoms with Gasteiger partial charge in [0.25, 0.3) is 0 Å². The summed E-state index contributed by atoms with van der Waals surface area (Å²) in [5.74, 6) is 1.58. The molecule has 0 fully saturated rings. The third-order valence-electron chi connectivity index (χ3n) is 3.05. The number of aryl methyl sites for hydroxylation is 1. The summed E-state index contributed by atoms with van der Waals surface area (Å²) in [6.45, 7) is 2.44. The van der Waals surface area contributed by atoms with Crippen LogP contribution in [0.2, 0.25) is 0 Å². The second-order valence-corrected chi connectivity index (χ2v) is 5.58. The number of hydrogen-bond acceptors (Lipinski definition) is 3. The Morgan fingerprint density at radius 3 is 2.75 bits per heavy atom. The summed E-state index contributed by atoms with van der Waals surface area (Å²) < 4.78 is 6.72. The number of fused-ring (bicyclic) bond motifs is 1. The minimum absolute atomic E-state index is 0.398. The fourth-order valence-electron chi connectivity index (χ4n) is 2.08. The highest BCUT2D eigenvalue weighted by Gasteiger charge is 2.07. The molecular weight excluding hydrogens is 318 g/mol. The van der Waals surface area contributed by atoms with Gasteiger partial charge in [0, 0.05) is 10.2 Å². The smallest absolute Gasteiger partial charge is 0.146 e. The van der Waals surface area contributed by atoms with Crippen LogP contribution in [0, 0.1) is 6.92 Å². The number of aromatic nitrogens is 2. The van der Waals surface area contributed by atoms with E-state index in [9.17, 15) is 0 Å². The van der Waals surface area contributed by atoms with E-state index in [-0.39, 0.29) is 0 Å². The Morgan fingerprint density at radius 1 is 1.25 bits per heavy atom. The van der Waals surface area contributed by atoms with Gasteiger partial charge in [-0.15, -0.1) is 0 Å². The van der Waals surface area contributed by atoms with E-state index in [1.54, 1.807) is 0 Å². The summed E-state index contributed by atoms with van der Waals surface area (Å²) in [5.41, 5.74) is 9.47. The monoisotopic (exact) mass is 331 g/mol. The maximum Gasteiger partial charge on any atom is 0.146 e. The summed E-state index contributed by atoms with van der Waals surface area (Å²) in [6.07, 6.45) is 0. The van der Waals surface area contributed by atoms with Crippen LogP contribution in [-0.4, -0.2) is 9.97 Å². The van der Waals surface area contributed by atoms with Crippen LogP contribution in [0.25, 0.3) is 11.0 Å². The van der Waals surface area contributed by atoms with Crippen LogP contribution < -0.4 is 10.5 Å². The lowest BCUT2D eigenvalue weighted by Crippen LogP contribution is -1.97. The van der Waals surface area contributed by atoms with Gasteiger partial charge in [-0.1, -0.05) is 15.9 Å². The molecule has 3 rings (SSSR count). The Morgan fingerprint density at radius 2 is 2.00 bits per heavy atom. The van der Waals surface area contributed by atoms with Gasteiger partial charge in [-0.05, 0) is 48.9 Å². The largest absolute Gasteiger partial charge is 0.486 e. The van der Waals surface area contributed by atoms with Crippen LogP contribution in [-0.2, 0) is 6.61 Å². The summed E-state index contributed by atoms with van der Waals surface area (Å²) >= 11 is 3.48. The molecule has 2 aromatic carbocycles. The number of hydrogen-bond donors (Lipinski definition) is 2. The number of anilines is 1. The van der Waals surface area contributed by atoms with Crippen molar-refractivity contribution in [1.82, 2.24) is 9.97 Å². The fourth-order valence-corrected chi connectivity index (χ4v) is 2.65. The average molecular weight is 332 g/mol. The van der Waals surface area contributed by atoms with Crippen molar-refractivity contribution in [3.63, 3.8) is 0 Å². The first-order chi connectivity index (χ1) is 9.61. The molecule has 102 valence electrons. The Hall–Kier alpha value is -2.01. The van der Waals surface area contributed by atoms with Crippen LogP contribution in [0.5, 0.6) is 5.75 Å². The van der Waals surface area contributed by atoms with Crippen molar-refractivity contribution in [2.45, 2.75) is 13.5 Å². The SMILES string of the molecule is Cc1cc(Br)cc2[nH]c(COc3ccc(N)cc3)nc12. The zero-order chi connectivity index (χ0) is 14.1. The summed E-state index contributed by atoms with van der Waals surface area (Å²) in [6, 6.07) is 11.4. The number of nitrogen functional groups attached to an aromatic ring is 1. The van der Waals surface area contributed by atoms with Crippen LogP contribution >= 0.6 is 15.9 Å². The lowest BCUT2D eigenvalue weighted by Gasteiger charge is -2.03. The predicted octanol–water partition coefficient (Wildman–Crippen LogP) is 3.80. The van der Waals surface area contributed by atoms with E-state index in [4.69, 9.17) is 10.5 Å². The molecule has 0 saturated carbocycles. The van der Waals surface area contributed by atoms with Crippen LogP contribution in [0.3, 0.4) is 0 Å². The number of H-pyrrole nitrogens is 1. The average Bonchev–Trinajstić information content (AvgIpc) is 2.81. The Bertz CT molecular complexity index is 750. The fraction of sp³-hybridized carbons (Fsp3) is 0.133. The van der Waals surface area contributed by atoms with Gasteiger partial charge in [0.15, 0.2) is 0 Å². The number of nitrogens with zero attached hydrogens (tertiary/aromatic N) is 1. The van der Waals surface area contributed by atoms with E-state index in [1.165, 1.54) is 0 Å². The molecule has 3 aromatic rings. The number of halogens is 1. The molecule has 0 amide bonds. The highest BCUT2D eigenvalue weighted by Crippen LogP contribution is 2.22. The summed E-state index contributed by atoms with van der Waals surface area (Å²) in [5, 5.41) is 0. The third-order valence-corrected chi connectivity index (χ3v) is 3.50. The normalized spacial score (nSPS) is 10.9. The summed E-state index contributed by atoms with van der Waals surface area (Å²) in [7, 11) is 0. The van der Waals surface area contributed by atoms with E-state index in [2.05, 4.69) is 25.9 Å². The number of benzene rings is 2. The van der Waals surface area contributed by atoms with Crippen molar-refractivity contribution >= 4 is 32.7 Å². The molecular formula is C15H14BrN3O. The van der Waals surface area contributed by atoms with Crippen LogP contribution in [0.4, 0.5) is 5.69 Å². The van der Waals surface area contributed by atoms with Gasteiger partial charge >= 0.3 is 0 Å². The number of rotatable bonds is 3.